The molecule has 0 aliphatic carbocycles. The van der Waals surface area contributed by atoms with Gasteiger partial charge in [0.15, 0.2) is 0 Å². The van der Waals surface area contributed by atoms with Gasteiger partial charge in [-0.2, -0.15) is 4.31 Å². The number of nitrogens with zero attached hydrogens (tertiary/aromatic N) is 2. The summed E-state index contributed by atoms with van der Waals surface area (Å²) in [4.78, 5) is 3.03. The lowest BCUT2D eigenvalue weighted by Crippen LogP contribution is -2.47. The lowest BCUT2D eigenvalue weighted by molar-refractivity contribution is 0.188. The molecule has 1 aromatic heterocycles. The number of likely N-dealkylation sites (N-methyl/N-ethyl adjacent to an activating group) is 2. The third-order valence-corrected chi connectivity index (χ3v) is 7.42. The maximum absolute atomic E-state index is 12.6. The van der Waals surface area contributed by atoms with E-state index in [1.54, 1.807) is 19.2 Å². The van der Waals surface area contributed by atoms with Crippen LogP contribution in [0.3, 0.4) is 0 Å². The predicted molar refractivity (Wildman–Crippen MR) is 85.7 cm³/mol. The molecular formula is C12H19N3O2S3. The fraction of sp³-hybridized carbons (Fsp3) is 0.583. The molecule has 0 spiro atoms. The third-order valence-electron chi connectivity index (χ3n) is 3.57. The molecule has 1 unspecified atom stereocenters. The first kappa shape index (κ1) is 15.8. The van der Waals surface area contributed by atoms with Crippen LogP contribution in [0.25, 0.3) is 0 Å². The minimum Gasteiger partial charge on any atom is -0.389 e. The zero-order valence-corrected chi connectivity index (χ0v) is 14.0. The Morgan fingerprint density at radius 3 is 2.80 bits per heavy atom. The summed E-state index contributed by atoms with van der Waals surface area (Å²) in [6.07, 6.45) is 1.91. The van der Waals surface area contributed by atoms with E-state index >= 15 is 0 Å². The first-order valence-corrected chi connectivity index (χ1v) is 9.05. The molecule has 2 N–H and O–H groups in total. The minimum absolute atomic E-state index is 0.0223. The lowest BCUT2D eigenvalue weighted by Gasteiger charge is -2.34. The molecule has 20 heavy (non-hydrogen) atoms. The Bertz CT molecular complexity index is 597. The van der Waals surface area contributed by atoms with Crippen LogP contribution in [-0.4, -0.2) is 55.8 Å². The standard InChI is InChI=1S/C12H19N3O2S3/c1-14-7-3-4-9(8-14)15(2)20(16,17)11-6-5-10(19-11)12(13)18/h5-6,9H,3-4,7-8H2,1-2H3,(H2,13,18). The van der Waals surface area contributed by atoms with E-state index in [9.17, 15) is 8.42 Å². The van der Waals surface area contributed by atoms with Crippen LogP contribution in [0.4, 0.5) is 0 Å². The summed E-state index contributed by atoms with van der Waals surface area (Å²) < 4.78 is 27.0. The number of nitrogens with two attached hydrogens (primary N) is 1. The Labute approximate surface area is 129 Å². The summed E-state index contributed by atoms with van der Waals surface area (Å²) in [7, 11) is 0.204. The zero-order chi connectivity index (χ0) is 14.9. The van der Waals surface area contributed by atoms with Gasteiger partial charge in [0.05, 0.1) is 4.88 Å². The quantitative estimate of drug-likeness (QED) is 0.836. The van der Waals surface area contributed by atoms with Gasteiger partial charge in [-0.05, 0) is 38.6 Å². The Morgan fingerprint density at radius 1 is 1.55 bits per heavy atom. The largest absolute Gasteiger partial charge is 0.389 e. The van der Waals surface area contributed by atoms with E-state index in [2.05, 4.69) is 4.90 Å². The van der Waals surface area contributed by atoms with Gasteiger partial charge in [0.2, 0.25) is 0 Å². The lowest BCUT2D eigenvalue weighted by atomic mass is 10.1. The number of rotatable bonds is 4. The summed E-state index contributed by atoms with van der Waals surface area (Å²) in [6.45, 7) is 1.79. The van der Waals surface area contributed by atoms with Gasteiger partial charge >= 0.3 is 0 Å². The van der Waals surface area contributed by atoms with Crippen molar-refractivity contribution in [3.05, 3.63) is 17.0 Å². The molecule has 2 heterocycles. The van der Waals surface area contributed by atoms with Crippen molar-refractivity contribution in [3.8, 4) is 0 Å². The molecule has 0 aromatic carbocycles. The van der Waals surface area contributed by atoms with E-state index in [-0.39, 0.29) is 11.0 Å². The maximum Gasteiger partial charge on any atom is 0.252 e. The zero-order valence-electron chi connectivity index (χ0n) is 11.6. The molecule has 8 heteroatoms. The first-order valence-electron chi connectivity index (χ1n) is 6.38. The van der Waals surface area contributed by atoms with Crippen molar-refractivity contribution in [1.82, 2.24) is 9.21 Å². The van der Waals surface area contributed by atoms with Crippen molar-refractivity contribution >= 4 is 38.6 Å². The van der Waals surface area contributed by atoms with E-state index in [4.69, 9.17) is 18.0 Å². The fourth-order valence-electron chi connectivity index (χ4n) is 2.37. The van der Waals surface area contributed by atoms with Gasteiger partial charge in [0.25, 0.3) is 10.0 Å². The SMILES string of the molecule is CN1CCCC(N(C)S(=O)(=O)c2ccc(C(N)=S)s2)C1. The number of likely N-dealkylation sites (tertiary alicyclic amines) is 1. The second kappa shape index (κ2) is 6.07. The van der Waals surface area contributed by atoms with E-state index in [1.165, 1.54) is 4.31 Å². The molecule has 1 saturated heterocycles. The summed E-state index contributed by atoms with van der Waals surface area (Å²) in [5.41, 5.74) is 5.53. The first-order chi connectivity index (χ1) is 9.32. The van der Waals surface area contributed by atoms with Gasteiger partial charge in [-0.1, -0.05) is 12.2 Å². The second-order valence-corrected chi connectivity index (χ2v) is 8.81. The monoisotopic (exact) mass is 333 g/mol. The molecular weight excluding hydrogens is 314 g/mol. The summed E-state index contributed by atoms with van der Waals surface area (Å²) >= 11 is 6.01. The van der Waals surface area contributed by atoms with Gasteiger partial charge in [0, 0.05) is 19.6 Å². The molecule has 1 aliphatic rings. The number of hydrogen-bond donors (Lipinski definition) is 1. The maximum atomic E-state index is 12.6. The topological polar surface area (TPSA) is 66.6 Å². The predicted octanol–water partition coefficient (Wildman–Crippen LogP) is 1.10. The van der Waals surface area contributed by atoms with Crippen LogP contribution in [0, 0.1) is 0 Å². The molecule has 0 saturated carbocycles. The Kier molecular flexibility index (Phi) is 4.80. The van der Waals surface area contributed by atoms with Crippen molar-refractivity contribution in [2.24, 2.45) is 5.73 Å². The van der Waals surface area contributed by atoms with E-state index in [1.807, 2.05) is 7.05 Å². The number of thiocarbonyl (C=S) groups is 1. The Hall–Kier alpha value is -0.540. The molecule has 1 aromatic rings. The smallest absolute Gasteiger partial charge is 0.252 e. The normalized spacial score (nSPS) is 21.2. The van der Waals surface area contributed by atoms with Gasteiger partial charge in [0.1, 0.15) is 9.20 Å². The summed E-state index contributed by atoms with van der Waals surface area (Å²) in [5.74, 6) is 0. The second-order valence-electron chi connectivity index (χ2n) is 5.06. The molecule has 0 radical (unpaired) electrons. The van der Waals surface area contributed by atoms with Gasteiger partial charge in [-0.15, -0.1) is 11.3 Å². The minimum atomic E-state index is -3.46. The Morgan fingerprint density at radius 2 is 2.25 bits per heavy atom. The third kappa shape index (κ3) is 3.20. The van der Waals surface area contributed by atoms with Crippen LogP contribution in [0.5, 0.6) is 0 Å². The van der Waals surface area contributed by atoms with Crippen molar-refractivity contribution in [1.29, 1.82) is 0 Å². The number of sulfonamides is 1. The summed E-state index contributed by atoms with van der Waals surface area (Å²) in [5, 5.41) is 0. The highest BCUT2D eigenvalue weighted by Crippen LogP contribution is 2.27. The average Bonchev–Trinajstić information content (AvgIpc) is 2.88. The molecule has 1 atom stereocenters. The van der Waals surface area contributed by atoms with Crippen molar-refractivity contribution in [3.63, 3.8) is 0 Å². The van der Waals surface area contributed by atoms with Gasteiger partial charge < -0.3 is 10.6 Å². The molecule has 0 amide bonds. The van der Waals surface area contributed by atoms with Crippen LogP contribution in [0.1, 0.15) is 17.7 Å². The van der Waals surface area contributed by atoms with Crippen LogP contribution in [-0.2, 0) is 10.0 Å². The molecule has 112 valence electrons. The van der Waals surface area contributed by atoms with E-state index in [0.29, 0.717) is 9.09 Å². The molecule has 1 fully saturated rings. The van der Waals surface area contributed by atoms with Crippen molar-refractivity contribution in [2.75, 3.05) is 27.2 Å². The molecule has 2 rings (SSSR count). The van der Waals surface area contributed by atoms with Gasteiger partial charge in [-0.25, -0.2) is 8.42 Å². The van der Waals surface area contributed by atoms with E-state index in [0.717, 1.165) is 37.3 Å². The van der Waals surface area contributed by atoms with Crippen molar-refractivity contribution in [2.45, 2.75) is 23.1 Å². The highest BCUT2D eigenvalue weighted by Gasteiger charge is 2.31. The van der Waals surface area contributed by atoms with Crippen LogP contribution < -0.4 is 5.73 Å². The highest BCUT2D eigenvalue weighted by molar-refractivity contribution is 7.91. The molecule has 5 nitrogen and oxygen atoms in total. The highest BCUT2D eigenvalue weighted by atomic mass is 32.2. The number of thiophene rings is 1. The van der Waals surface area contributed by atoms with Crippen LogP contribution in [0.2, 0.25) is 0 Å². The average molecular weight is 334 g/mol. The number of hydrogen-bond acceptors (Lipinski definition) is 5. The fourth-order valence-corrected chi connectivity index (χ4v) is 5.28. The van der Waals surface area contributed by atoms with Crippen LogP contribution >= 0.6 is 23.6 Å². The van der Waals surface area contributed by atoms with Gasteiger partial charge in [-0.3, -0.25) is 0 Å². The van der Waals surface area contributed by atoms with Crippen LogP contribution in [0.15, 0.2) is 16.3 Å². The molecule has 0 bridgehead atoms. The molecule has 1 aliphatic heterocycles. The summed E-state index contributed by atoms with van der Waals surface area (Å²) in [6, 6.07) is 3.27. The Balaban J connectivity index is 2.22. The van der Waals surface area contributed by atoms with Crippen molar-refractivity contribution < 1.29 is 8.42 Å². The number of piperidine rings is 1. The van der Waals surface area contributed by atoms with E-state index < -0.39 is 10.0 Å².